The number of carbonyl (C=O) groups excluding carboxylic acids is 2. The van der Waals surface area contributed by atoms with Gasteiger partial charge < -0.3 is 9.64 Å². The number of ketones is 1. The van der Waals surface area contributed by atoms with Crippen molar-refractivity contribution in [1.82, 2.24) is 0 Å². The number of hydrogen-bond acceptors (Lipinski definition) is 3. The number of benzene rings is 1. The lowest BCUT2D eigenvalue weighted by molar-refractivity contribution is -0.114. The Morgan fingerprint density at radius 1 is 1.35 bits per heavy atom. The molecule has 2 heterocycles. The summed E-state index contributed by atoms with van der Waals surface area (Å²) in [6.07, 6.45) is 4.41. The topological polar surface area (TPSA) is 46.6 Å². The highest BCUT2D eigenvalue weighted by molar-refractivity contribution is 6.52. The maximum Gasteiger partial charge on any atom is 0.299 e. The van der Waals surface area contributed by atoms with Gasteiger partial charge in [-0.25, -0.2) is 0 Å². The summed E-state index contributed by atoms with van der Waals surface area (Å²) < 4.78 is 5.58. The van der Waals surface area contributed by atoms with E-state index >= 15 is 0 Å². The third kappa shape index (κ3) is 2.36. The Hall–Kier alpha value is -1.68. The molecule has 0 saturated carbocycles. The highest BCUT2D eigenvalue weighted by Crippen LogP contribution is 2.30. The monoisotopic (exact) mass is 273 g/mol. The van der Waals surface area contributed by atoms with E-state index in [1.165, 1.54) is 0 Å². The number of ether oxygens (including phenoxy) is 1. The lowest BCUT2D eigenvalue weighted by atomic mass is 10.1. The lowest BCUT2D eigenvalue weighted by Gasteiger charge is -2.17. The predicted molar refractivity (Wildman–Crippen MR) is 76.1 cm³/mol. The summed E-state index contributed by atoms with van der Waals surface area (Å²) in [6, 6.07) is 5.62. The molecular weight excluding hydrogens is 254 g/mol. The molecule has 1 amide bonds. The van der Waals surface area contributed by atoms with Gasteiger partial charge in [0.1, 0.15) is 0 Å². The Morgan fingerprint density at radius 2 is 2.20 bits per heavy atom. The largest absolute Gasteiger partial charge is 0.378 e. The van der Waals surface area contributed by atoms with Crippen LogP contribution in [-0.4, -0.2) is 30.9 Å². The van der Waals surface area contributed by atoms with Crippen molar-refractivity contribution in [3.05, 3.63) is 29.3 Å². The zero-order valence-corrected chi connectivity index (χ0v) is 11.7. The minimum atomic E-state index is -0.391. The van der Waals surface area contributed by atoms with Crippen molar-refractivity contribution in [2.75, 3.05) is 18.1 Å². The normalized spacial score (nSPS) is 21.6. The van der Waals surface area contributed by atoms with E-state index in [1.54, 1.807) is 11.0 Å². The molecular formula is C16H19NO3. The fraction of sp³-hybridized carbons (Fsp3) is 0.500. The average Bonchev–Trinajstić information content (AvgIpc) is 3.02. The lowest BCUT2D eigenvalue weighted by Crippen LogP contribution is -2.31. The number of amides is 1. The van der Waals surface area contributed by atoms with Crippen LogP contribution >= 0.6 is 0 Å². The van der Waals surface area contributed by atoms with Crippen LogP contribution < -0.4 is 4.90 Å². The third-order valence-electron chi connectivity index (χ3n) is 4.06. The van der Waals surface area contributed by atoms with Gasteiger partial charge in [0.05, 0.1) is 17.4 Å². The first-order valence-electron chi connectivity index (χ1n) is 7.25. The molecule has 20 heavy (non-hydrogen) atoms. The van der Waals surface area contributed by atoms with Crippen LogP contribution in [0.3, 0.4) is 0 Å². The summed E-state index contributed by atoms with van der Waals surface area (Å²) >= 11 is 0. The molecule has 0 aliphatic carbocycles. The zero-order chi connectivity index (χ0) is 14.1. The summed E-state index contributed by atoms with van der Waals surface area (Å²) in [5.41, 5.74) is 2.32. The zero-order valence-electron chi connectivity index (χ0n) is 11.7. The van der Waals surface area contributed by atoms with Crippen LogP contribution in [0.2, 0.25) is 0 Å². The SMILES string of the molecule is Cc1ccc2c(c1)C(=O)C(=O)N2CCCC1CCCO1. The van der Waals surface area contributed by atoms with Crippen molar-refractivity contribution >= 4 is 17.4 Å². The molecule has 106 valence electrons. The van der Waals surface area contributed by atoms with Crippen molar-refractivity contribution in [1.29, 1.82) is 0 Å². The summed E-state index contributed by atoms with van der Waals surface area (Å²) in [5, 5.41) is 0. The Kier molecular flexibility index (Phi) is 3.57. The highest BCUT2D eigenvalue weighted by Gasteiger charge is 2.35. The summed E-state index contributed by atoms with van der Waals surface area (Å²) in [6.45, 7) is 3.38. The van der Waals surface area contributed by atoms with Crippen LogP contribution in [0.4, 0.5) is 5.69 Å². The number of aryl methyl sites for hydroxylation is 1. The Bertz CT molecular complexity index is 547. The van der Waals surface area contributed by atoms with Crippen LogP contribution in [0.25, 0.3) is 0 Å². The highest BCUT2D eigenvalue weighted by atomic mass is 16.5. The number of anilines is 1. The van der Waals surface area contributed by atoms with Crippen LogP contribution in [-0.2, 0) is 9.53 Å². The molecule has 1 atom stereocenters. The van der Waals surface area contributed by atoms with Crippen LogP contribution in [0.1, 0.15) is 41.6 Å². The maximum absolute atomic E-state index is 12.0. The van der Waals surface area contributed by atoms with E-state index in [-0.39, 0.29) is 5.78 Å². The number of fused-ring (bicyclic) bond motifs is 1. The van der Waals surface area contributed by atoms with E-state index in [1.807, 2.05) is 19.1 Å². The molecule has 1 aromatic rings. The Morgan fingerprint density at radius 3 is 2.95 bits per heavy atom. The molecule has 1 saturated heterocycles. The number of hydrogen-bond donors (Lipinski definition) is 0. The van der Waals surface area contributed by atoms with Gasteiger partial charge >= 0.3 is 0 Å². The summed E-state index contributed by atoms with van der Waals surface area (Å²) in [5.74, 6) is -0.765. The first-order valence-corrected chi connectivity index (χ1v) is 7.25. The van der Waals surface area contributed by atoms with Crippen molar-refractivity contribution in [2.45, 2.75) is 38.7 Å². The van der Waals surface area contributed by atoms with Gasteiger partial charge in [-0.15, -0.1) is 0 Å². The second kappa shape index (κ2) is 5.37. The van der Waals surface area contributed by atoms with Gasteiger partial charge in [0.25, 0.3) is 11.7 Å². The van der Waals surface area contributed by atoms with E-state index in [0.29, 0.717) is 18.2 Å². The van der Waals surface area contributed by atoms with Crippen molar-refractivity contribution in [3.63, 3.8) is 0 Å². The van der Waals surface area contributed by atoms with E-state index in [9.17, 15) is 9.59 Å². The molecule has 1 fully saturated rings. The van der Waals surface area contributed by atoms with E-state index < -0.39 is 5.91 Å². The van der Waals surface area contributed by atoms with Crippen LogP contribution in [0.15, 0.2) is 18.2 Å². The molecule has 0 radical (unpaired) electrons. The molecule has 2 aliphatic rings. The first kappa shape index (κ1) is 13.3. The van der Waals surface area contributed by atoms with Gasteiger partial charge in [0.15, 0.2) is 0 Å². The van der Waals surface area contributed by atoms with E-state index in [2.05, 4.69) is 0 Å². The molecule has 0 aromatic heterocycles. The van der Waals surface area contributed by atoms with Gasteiger partial charge in [-0.2, -0.15) is 0 Å². The molecule has 2 aliphatic heterocycles. The summed E-state index contributed by atoms with van der Waals surface area (Å²) in [7, 11) is 0. The molecule has 4 nitrogen and oxygen atoms in total. The second-order valence-electron chi connectivity index (χ2n) is 5.58. The minimum absolute atomic E-state index is 0.334. The quantitative estimate of drug-likeness (QED) is 0.792. The smallest absolute Gasteiger partial charge is 0.299 e. The molecule has 4 heteroatoms. The molecule has 3 rings (SSSR count). The molecule has 1 unspecified atom stereocenters. The van der Waals surface area contributed by atoms with Gasteiger partial charge in [-0.05, 0) is 44.7 Å². The molecule has 1 aromatic carbocycles. The van der Waals surface area contributed by atoms with E-state index in [0.717, 1.165) is 43.5 Å². The molecule has 0 spiro atoms. The van der Waals surface area contributed by atoms with Crippen molar-refractivity contribution in [2.24, 2.45) is 0 Å². The van der Waals surface area contributed by atoms with Crippen LogP contribution in [0, 0.1) is 6.92 Å². The van der Waals surface area contributed by atoms with E-state index in [4.69, 9.17) is 4.74 Å². The number of Topliss-reactive ketones (excluding diaryl/α,β-unsaturated/α-hetero) is 1. The minimum Gasteiger partial charge on any atom is -0.378 e. The second-order valence-corrected chi connectivity index (χ2v) is 5.58. The van der Waals surface area contributed by atoms with Gasteiger partial charge in [-0.3, -0.25) is 9.59 Å². The van der Waals surface area contributed by atoms with Crippen molar-refractivity contribution in [3.8, 4) is 0 Å². The summed E-state index contributed by atoms with van der Waals surface area (Å²) in [4.78, 5) is 25.6. The fourth-order valence-corrected chi connectivity index (χ4v) is 2.99. The standard InChI is InChI=1S/C16H19NO3/c1-11-6-7-14-13(10-11)15(18)16(19)17(14)8-2-4-12-5-3-9-20-12/h6-7,10,12H,2-5,8-9H2,1H3. The number of carbonyl (C=O) groups is 2. The molecule has 0 bridgehead atoms. The predicted octanol–water partition coefficient (Wildman–Crippen LogP) is 2.48. The van der Waals surface area contributed by atoms with Gasteiger partial charge in [0.2, 0.25) is 0 Å². The first-order chi connectivity index (χ1) is 9.66. The fourth-order valence-electron chi connectivity index (χ4n) is 2.99. The number of rotatable bonds is 4. The van der Waals surface area contributed by atoms with Gasteiger partial charge in [0, 0.05) is 13.2 Å². The third-order valence-corrected chi connectivity index (χ3v) is 4.06. The van der Waals surface area contributed by atoms with Crippen molar-refractivity contribution < 1.29 is 14.3 Å². The number of nitrogens with zero attached hydrogens (tertiary/aromatic N) is 1. The molecule has 0 N–H and O–H groups in total. The average molecular weight is 273 g/mol. The van der Waals surface area contributed by atoms with Crippen LogP contribution in [0.5, 0.6) is 0 Å². The Balaban J connectivity index is 1.67. The van der Waals surface area contributed by atoms with Gasteiger partial charge in [-0.1, -0.05) is 11.6 Å². The Labute approximate surface area is 118 Å². The maximum atomic E-state index is 12.0.